The summed E-state index contributed by atoms with van der Waals surface area (Å²) in [5.74, 6) is 0.674. The van der Waals surface area contributed by atoms with Crippen LogP contribution in [0.25, 0.3) is 0 Å². The Morgan fingerprint density at radius 3 is 2.71 bits per heavy atom. The van der Waals surface area contributed by atoms with Gasteiger partial charge in [-0.15, -0.1) is 0 Å². The van der Waals surface area contributed by atoms with Crippen molar-refractivity contribution in [2.24, 2.45) is 5.73 Å². The van der Waals surface area contributed by atoms with E-state index < -0.39 is 0 Å². The van der Waals surface area contributed by atoms with Crippen LogP contribution in [0, 0.1) is 5.41 Å². The fourth-order valence-electron chi connectivity index (χ4n) is 1.17. The number of hydrogen-bond donors (Lipinski definition) is 2. The lowest BCUT2D eigenvalue weighted by atomic mass is 10.2. The molecule has 0 heterocycles. The largest absolute Gasteiger partial charge is 0.363 e. The van der Waals surface area contributed by atoms with Gasteiger partial charge in [0.15, 0.2) is 0 Å². The molecule has 3 N–H and O–H groups in total. The fraction of sp³-hybridized carbons (Fsp3) is 0.727. The summed E-state index contributed by atoms with van der Waals surface area (Å²) >= 11 is 0. The van der Waals surface area contributed by atoms with Gasteiger partial charge in [-0.25, -0.2) is 0 Å². The molecule has 0 aromatic carbocycles. The van der Waals surface area contributed by atoms with Crippen molar-refractivity contribution >= 4 is 5.84 Å². The summed E-state index contributed by atoms with van der Waals surface area (Å²) in [6.45, 7) is 4.92. The van der Waals surface area contributed by atoms with Gasteiger partial charge in [-0.05, 0) is 26.7 Å². The normalized spacial score (nSPS) is 13.1. The molecule has 82 valence electrons. The van der Waals surface area contributed by atoms with Crippen molar-refractivity contribution in [1.82, 2.24) is 4.90 Å². The molecule has 3 nitrogen and oxygen atoms in total. The number of rotatable bonds is 6. The fourth-order valence-corrected chi connectivity index (χ4v) is 1.17. The Labute approximate surface area is 87.5 Å². The highest BCUT2D eigenvalue weighted by Gasteiger charge is 2.02. The molecule has 0 aliphatic carbocycles. The zero-order valence-corrected chi connectivity index (χ0v) is 9.59. The van der Waals surface area contributed by atoms with Gasteiger partial charge in [0.25, 0.3) is 0 Å². The lowest BCUT2D eigenvalue weighted by Gasteiger charge is -2.19. The van der Waals surface area contributed by atoms with Crippen LogP contribution in [0.2, 0.25) is 0 Å². The first-order chi connectivity index (χ1) is 6.57. The summed E-state index contributed by atoms with van der Waals surface area (Å²) < 4.78 is 0. The molecule has 0 bridgehead atoms. The number of nitrogens with two attached hydrogens (primary N) is 1. The SMILES string of the molecule is C/C=C/CC(=N)N(C)CCCC(C)N. The molecule has 0 radical (unpaired) electrons. The highest BCUT2D eigenvalue weighted by atomic mass is 15.1. The topological polar surface area (TPSA) is 53.1 Å². The Kier molecular flexibility index (Phi) is 7.11. The quantitative estimate of drug-likeness (QED) is 0.389. The third kappa shape index (κ3) is 6.66. The molecule has 0 aromatic rings. The molecule has 14 heavy (non-hydrogen) atoms. The zero-order valence-electron chi connectivity index (χ0n) is 9.59. The van der Waals surface area contributed by atoms with E-state index in [0.29, 0.717) is 5.84 Å². The number of nitrogens with zero attached hydrogens (tertiary/aromatic N) is 1. The van der Waals surface area contributed by atoms with E-state index in [9.17, 15) is 0 Å². The van der Waals surface area contributed by atoms with Gasteiger partial charge in [-0.1, -0.05) is 12.2 Å². The molecule has 0 saturated carbocycles. The molecule has 0 aliphatic rings. The Hall–Kier alpha value is -0.830. The lowest BCUT2D eigenvalue weighted by molar-refractivity contribution is 0.456. The maximum Gasteiger partial charge on any atom is 0.0993 e. The van der Waals surface area contributed by atoms with Gasteiger partial charge < -0.3 is 10.6 Å². The molecule has 0 rings (SSSR count). The summed E-state index contributed by atoms with van der Waals surface area (Å²) in [7, 11) is 1.97. The van der Waals surface area contributed by atoms with Gasteiger partial charge in [-0.2, -0.15) is 0 Å². The van der Waals surface area contributed by atoms with E-state index in [1.54, 1.807) is 0 Å². The van der Waals surface area contributed by atoms with Crippen molar-refractivity contribution in [3.8, 4) is 0 Å². The van der Waals surface area contributed by atoms with Crippen LogP contribution in [-0.4, -0.2) is 30.4 Å². The van der Waals surface area contributed by atoms with Gasteiger partial charge in [0.2, 0.25) is 0 Å². The summed E-state index contributed by atoms with van der Waals surface area (Å²) in [6.07, 6.45) is 6.80. The Morgan fingerprint density at radius 1 is 1.57 bits per heavy atom. The third-order valence-electron chi connectivity index (χ3n) is 2.16. The minimum atomic E-state index is 0.271. The standard InChI is InChI=1S/C11H23N3/c1-4-5-8-11(13)14(3)9-6-7-10(2)12/h4-5,10,13H,6-9,12H2,1-3H3/b5-4+,13-11?. The van der Waals surface area contributed by atoms with Crippen molar-refractivity contribution < 1.29 is 0 Å². The average Bonchev–Trinajstić information content (AvgIpc) is 2.13. The first-order valence-corrected chi connectivity index (χ1v) is 5.23. The second-order valence-corrected chi connectivity index (χ2v) is 3.76. The van der Waals surface area contributed by atoms with E-state index in [1.165, 1.54) is 0 Å². The van der Waals surface area contributed by atoms with Gasteiger partial charge >= 0.3 is 0 Å². The molecule has 0 fully saturated rings. The van der Waals surface area contributed by atoms with Crippen LogP contribution < -0.4 is 5.73 Å². The maximum atomic E-state index is 7.73. The molecule has 0 aliphatic heterocycles. The van der Waals surface area contributed by atoms with E-state index in [-0.39, 0.29) is 6.04 Å². The lowest BCUT2D eigenvalue weighted by Crippen LogP contribution is -2.27. The van der Waals surface area contributed by atoms with E-state index in [4.69, 9.17) is 11.1 Å². The third-order valence-corrected chi connectivity index (χ3v) is 2.16. The molecule has 0 spiro atoms. The van der Waals surface area contributed by atoms with Crippen LogP contribution in [-0.2, 0) is 0 Å². The molecular weight excluding hydrogens is 174 g/mol. The number of hydrogen-bond acceptors (Lipinski definition) is 2. The van der Waals surface area contributed by atoms with Crippen LogP contribution >= 0.6 is 0 Å². The number of nitrogens with one attached hydrogen (secondary N) is 1. The van der Waals surface area contributed by atoms with Crippen molar-refractivity contribution in [3.05, 3.63) is 12.2 Å². The van der Waals surface area contributed by atoms with Gasteiger partial charge in [0, 0.05) is 26.1 Å². The van der Waals surface area contributed by atoms with Crippen molar-refractivity contribution in [2.45, 2.75) is 39.2 Å². The molecule has 3 heteroatoms. The van der Waals surface area contributed by atoms with E-state index >= 15 is 0 Å². The highest BCUT2D eigenvalue weighted by molar-refractivity contribution is 5.80. The Morgan fingerprint density at radius 2 is 2.21 bits per heavy atom. The van der Waals surface area contributed by atoms with Crippen molar-refractivity contribution in [1.29, 1.82) is 5.41 Å². The first-order valence-electron chi connectivity index (χ1n) is 5.23. The maximum absolute atomic E-state index is 7.73. The van der Waals surface area contributed by atoms with Crippen LogP contribution in [0.1, 0.15) is 33.1 Å². The van der Waals surface area contributed by atoms with E-state index in [2.05, 4.69) is 0 Å². The van der Waals surface area contributed by atoms with Crippen LogP contribution in [0.15, 0.2) is 12.2 Å². The second-order valence-electron chi connectivity index (χ2n) is 3.76. The molecule has 0 aromatic heterocycles. The summed E-state index contributed by atoms with van der Waals surface area (Å²) in [5.41, 5.74) is 5.65. The van der Waals surface area contributed by atoms with Crippen LogP contribution in [0.5, 0.6) is 0 Å². The van der Waals surface area contributed by atoms with Crippen molar-refractivity contribution in [2.75, 3.05) is 13.6 Å². The number of allylic oxidation sites excluding steroid dienone is 1. The molecule has 0 amide bonds. The second kappa shape index (κ2) is 7.56. The van der Waals surface area contributed by atoms with Crippen LogP contribution in [0.3, 0.4) is 0 Å². The van der Waals surface area contributed by atoms with E-state index in [1.807, 2.05) is 37.9 Å². The first kappa shape index (κ1) is 13.2. The van der Waals surface area contributed by atoms with Gasteiger partial charge in [0.1, 0.15) is 0 Å². The monoisotopic (exact) mass is 197 g/mol. The average molecular weight is 197 g/mol. The van der Waals surface area contributed by atoms with Crippen LogP contribution in [0.4, 0.5) is 0 Å². The molecule has 1 unspecified atom stereocenters. The predicted octanol–water partition coefficient (Wildman–Crippen LogP) is 1.99. The predicted molar refractivity (Wildman–Crippen MR) is 62.7 cm³/mol. The minimum absolute atomic E-state index is 0.271. The smallest absolute Gasteiger partial charge is 0.0993 e. The van der Waals surface area contributed by atoms with Crippen molar-refractivity contribution in [3.63, 3.8) is 0 Å². The van der Waals surface area contributed by atoms with Gasteiger partial charge in [-0.3, -0.25) is 5.41 Å². The summed E-state index contributed by atoms with van der Waals surface area (Å²) in [4.78, 5) is 1.99. The zero-order chi connectivity index (χ0) is 11.0. The Balaban J connectivity index is 3.62. The highest BCUT2D eigenvalue weighted by Crippen LogP contribution is 1.99. The van der Waals surface area contributed by atoms with E-state index in [0.717, 1.165) is 25.8 Å². The molecule has 1 atom stereocenters. The molecule has 0 saturated heterocycles. The summed E-state index contributed by atoms with van der Waals surface area (Å²) in [5, 5.41) is 7.73. The van der Waals surface area contributed by atoms with Gasteiger partial charge in [0.05, 0.1) is 5.84 Å². The minimum Gasteiger partial charge on any atom is -0.363 e. The Bertz CT molecular complexity index is 185. The summed E-state index contributed by atoms with van der Waals surface area (Å²) in [6, 6.07) is 0.271. The molecular formula is C11H23N3. The number of amidine groups is 1.